The van der Waals surface area contributed by atoms with Gasteiger partial charge in [-0.05, 0) is 28.8 Å². The van der Waals surface area contributed by atoms with Gasteiger partial charge in [-0.25, -0.2) is 0 Å². The summed E-state index contributed by atoms with van der Waals surface area (Å²) in [4.78, 5) is 2.50. The maximum absolute atomic E-state index is 5.36. The molecule has 0 aromatic heterocycles. The molecule has 2 rings (SSSR count). The molecule has 0 atom stereocenters. The van der Waals surface area contributed by atoms with Gasteiger partial charge in [0, 0.05) is 44.2 Å². The molecule has 23 heavy (non-hydrogen) atoms. The highest BCUT2D eigenvalue weighted by molar-refractivity contribution is 7.99. The zero-order valence-corrected chi connectivity index (χ0v) is 16.2. The fourth-order valence-electron chi connectivity index (χ4n) is 2.52. The Kier molecular flexibility index (Phi) is 7.18. The molecule has 0 unspecified atom stereocenters. The van der Waals surface area contributed by atoms with Crippen LogP contribution < -0.4 is 10.6 Å². The topological polar surface area (TPSA) is 27.3 Å². The Labute approximate surface area is 150 Å². The smallest absolute Gasteiger partial charge is 0.166 e. The van der Waals surface area contributed by atoms with Gasteiger partial charge in [-0.3, -0.25) is 4.90 Å². The number of rotatable bonds is 5. The van der Waals surface area contributed by atoms with E-state index in [-0.39, 0.29) is 5.41 Å². The van der Waals surface area contributed by atoms with Crippen molar-refractivity contribution in [3.8, 4) is 0 Å². The first-order valence-corrected chi connectivity index (χ1v) is 9.93. The molecular formula is C18H29N3S2. The monoisotopic (exact) mass is 351 g/mol. The molecule has 0 radical (unpaired) electrons. The summed E-state index contributed by atoms with van der Waals surface area (Å²) in [6.07, 6.45) is 0. The largest absolute Gasteiger partial charge is 0.361 e. The minimum atomic E-state index is 0.204. The second-order valence-electron chi connectivity index (χ2n) is 7.01. The van der Waals surface area contributed by atoms with Crippen LogP contribution in [0, 0.1) is 0 Å². The number of hydrogen-bond acceptors (Lipinski definition) is 3. The lowest BCUT2D eigenvalue weighted by molar-refractivity contribution is 0.307. The van der Waals surface area contributed by atoms with Gasteiger partial charge in [-0.1, -0.05) is 45.0 Å². The predicted molar refractivity (Wildman–Crippen MR) is 106 cm³/mol. The Hall–Kier alpha value is -0.780. The van der Waals surface area contributed by atoms with E-state index in [2.05, 4.69) is 60.6 Å². The number of hydrogen-bond donors (Lipinski definition) is 2. The predicted octanol–water partition coefficient (Wildman–Crippen LogP) is 3.00. The standard InChI is InChI=1S/C18H29N3S2/c1-18(2,3)16-6-4-15(5-7-16)14-20-17(22)19-8-9-21-10-12-23-13-11-21/h4-7H,8-14H2,1-3H3,(H2,19,20,22). The third-order valence-corrected chi connectivity index (χ3v) is 5.32. The first-order chi connectivity index (χ1) is 10.9. The molecule has 3 nitrogen and oxygen atoms in total. The molecule has 0 bridgehead atoms. The van der Waals surface area contributed by atoms with Gasteiger partial charge in [0.2, 0.25) is 0 Å². The second kappa shape index (κ2) is 8.90. The van der Waals surface area contributed by atoms with Crippen LogP contribution in [0.25, 0.3) is 0 Å². The van der Waals surface area contributed by atoms with Crippen molar-refractivity contribution >= 4 is 29.1 Å². The lowest BCUT2D eigenvalue weighted by Gasteiger charge is -2.26. The Morgan fingerprint density at radius 1 is 1.13 bits per heavy atom. The molecule has 0 aliphatic carbocycles. The molecule has 0 amide bonds. The summed E-state index contributed by atoms with van der Waals surface area (Å²) in [7, 11) is 0. The normalized spacial score (nSPS) is 16.1. The molecule has 2 N–H and O–H groups in total. The van der Waals surface area contributed by atoms with Crippen molar-refractivity contribution in [3.05, 3.63) is 35.4 Å². The SMILES string of the molecule is CC(C)(C)c1ccc(CNC(=S)NCCN2CCSCC2)cc1. The fraction of sp³-hybridized carbons (Fsp3) is 0.611. The molecule has 0 spiro atoms. The number of nitrogens with one attached hydrogen (secondary N) is 2. The van der Waals surface area contributed by atoms with Crippen molar-refractivity contribution in [2.45, 2.75) is 32.7 Å². The summed E-state index contributed by atoms with van der Waals surface area (Å²) < 4.78 is 0. The summed E-state index contributed by atoms with van der Waals surface area (Å²) in [6, 6.07) is 8.78. The van der Waals surface area contributed by atoms with Crippen molar-refractivity contribution in [2.24, 2.45) is 0 Å². The second-order valence-corrected chi connectivity index (χ2v) is 8.64. The Morgan fingerprint density at radius 3 is 2.39 bits per heavy atom. The van der Waals surface area contributed by atoms with Crippen LogP contribution in [0.15, 0.2) is 24.3 Å². The van der Waals surface area contributed by atoms with Crippen LogP contribution in [-0.4, -0.2) is 47.7 Å². The zero-order valence-electron chi connectivity index (χ0n) is 14.5. The van der Waals surface area contributed by atoms with Crippen LogP contribution in [0.3, 0.4) is 0 Å². The third-order valence-electron chi connectivity index (χ3n) is 4.09. The highest BCUT2D eigenvalue weighted by Crippen LogP contribution is 2.22. The van der Waals surface area contributed by atoms with E-state index in [1.165, 1.54) is 35.7 Å². The van der Waals surface area contributed by atoms with Gasteiger partial charge >= 0.3 is 0 Å². The molecular weight excluding hydrogens is 322 g/mol. The van der Waals surface area contributed by atoms with Crippen LogP contribution in [0.5, 0.6) is 0 Å². The zero-order chi connectivity index (χ0) is 16.7. The van der Waals surface area contributed by atoms with E-state index < -0.39 is 0 Å². The molecule has 128 valence electrons. The minimum Gasteiger partial charge on any atom is -0.361 e. The average molecular weight is 352 g/mol. The summed E-state index contributed by atoms with van der Waals surface area (Å²) in [6.45, 7) is 11.9. The van der Waals surface area contributed by atoms with Crippen LogP contribution in [0.2, 0.25) is 0 Å². The Balaban J connectivity index is 1.65. The van der Waals surface area contributed by atoms with Crippen LogP contribution in [0.1, 0.15) is 31.9 Å². The van der Waals surface area contributed by atoms with Crippen molar-refractivity contribution in [3.63, 3.8) is 0 Å². The van der Waals surface area contributed by atoms with Gasteiger partial charge < -0.3 is 10.6 Å². The Morgan fingerprint density at radius 2 is 1.78 bits per heavy atom. The summed E-state index contributed by atoms with van der Waals surface area (Å²) in [5, 5.41) is 7.35. The first kappa shape index (κ1) is 18.6. The highest BCUT2D eigenvalue weighted by atomic mass is 32.2. The highest BCUT2D eigenvalue weighted by Gasteiger charge is 2.13. The van der Waals surface area contributed by atoms with E-state index in [0.29, 0.717) is 0 Å². The average Bonchev–Trinajstić information content (AvgIpc) is 2.53. The molecule has 1 aromatic rings. The quantitative estimate of drug-likeness (QED) is 0.796. The van der Waals surface area contributed by atoms with E-state index >= 15 is 0 Å². The molecule has 5 heteroatoms. The van der Waals surface area contributed by atoms with E-state index in [0.717, 1.165) is 24.7 Å². The van der Waals surface area contributed by atoms with E-state index in [4.69, 9.17) is 12.2 Å². The first-order valence-electron chi connectivity index (χ1n) is 8.36. The van der Waals surface area contributed by atoms with Gasteiger partial charge in [0.25, 0.3) is 0 Å². The fourth-order valence-corrected chi connectivity index (χ4v) is 3.67. The number of benzene rings is 1. The summed E-state index contributed by atoms with van der Waals surface area (Å²) in [5.74, 6) is 2.51. The van der Waals surface area contributed by atoms with E-state index in [1.54, 1.807) is 0 Å². The molecule has 1 heterocycles. The molecule has 1 saturated heterocycles. The number of thioether (sulfide) groups is 1. The molecule has 1 aliphatic heterocycles. The maximum Gasteiger partial charge on any atom is 0.166 e. The number of nitrogens with zero attached hydrogens (tertiary/aromatic N) is 1. The molecule has 0 saturated carbocycles. The van der Waals surface area contributed by atoms with Gasteiger partial charge in [-0.15, -0.1) is 0 Å². The Bertz CT molecular complexity index is 488. The number of thiocarbonyl (C=S) groups is 1. The van der Waals surface area contributed by atoms with Crippen LogP contribution >= 0.6 is 24.0 Å². The van der Waals surface area contributed by atoms with Crippen LogP contribution in [-0.2, 0) is 12.0 Å². The lowest BCUT2D eigenvalue weighted by Crippen LogP contribution is -2.42. The minimum absolute atomic E-state index is 0.204. The lowest BCUT2D eigenvalue weighted by atomic mass is 9.87. The molecule has 1 fully saturated rings. The third kappa shape index (κ3) is 6.69. The van der Waals surface area contributed by atoms with Crippen molar-refractivity contribution in [2.75, 3.05) is 37.7 Å². The van der Waals surface area contributed by atoms with Gasteiger partial charge in [0.1, 0.15) is 0 Å². The van der Waals surface area contributed by atoms with Crippen molar-refractivity contribution in [1.82, 2.24) is 15.5 Å². The van der Waals surface area contributed by atoms with Gasteiger partial charge in [0.05, 0.1) is 0 Å². The van der Waals surface area contributed by atoms with Gasteiger partial charge in [-0.2, -0.15) is 11.8 Å². The van der Waals surface area contributed by atoms with E-state index in [1.807, 2.05) is 11.8 Å². The van der Waals surface area contributed by atoms with Crippen molar-refractivity contribution in [1.29, 1.82) is 0 Å². The van der Waals surface area contributed by atoms with Crippen molar-refractivity contribution < 1.29 is 0 Å². The summed E-state index contributed by atoms with van der Waals surface area (Å²) in [5.41, 5.74) is 2.83. The summed E-state index contributed by atoms with van der Waals surface area (Å²) >= 11 is 7.41. The van der Waals surface area contributed by atoms with Crippen LogP contribution in [0.4, 0.5) is 0 Å². The molecule has 1 aromatic carbocycles. The maximum atomic E-state index is 5.36. The molecule has 1 aliphatic rings. The van der Waals surface area contributed by atoms with Gasteiger partial charge in [0.15, 0.2) is 5.11 Å². The van der Waals surface area contributed by atoms with E-state index in [9.17, 15) is 0 Å².